The van der Waals surface area contributed by atoms with E-state index in [1.807, 2.05) is 19.1 Å². The van der Waals surface area contributed by atoms with Crippen molar-refractivity contribution >= 4 is 5.91 Å². The Balaban J connectivity index is 1.56. The van der Waals surface area contributed by atoms with Crippen LogP contribution in [0.15, 0.2) is 36.4 Å². The molecular formula is C19H26N2O4. The number of rotatable bonds is 6. The van der Waals surface area contributed by atoms with Crippen molar-refractivity contribution in [1.82, 2.24) is 10.2 Å². The molecule has 2 atom stereocenters. The summed E-state index contributed by atoms with van der Waals surface area (Å²) in [5.41, 5.74) is 1.58. The Hall–Kier alpha value is -1.89. The van der Waals surface area contributed by atoms with E-state index < -0.39 is 0 Å². The molecule has 0 aliphatic carbocycles. The fraction of sp³-hybridized carbons (Fsp3) is 0.526. The first-order valence-corrected chi connectivity index (χ1v) is 8.71. The predicted molar refractivity (Wildman–Crippen MR) is 95.0 cm³/mol. The van der Waals surface area contributed by atoms with Gasteiger partial charge in [0, 0.05) is 18.7 Å². The summed E-state index contributed by atoms with van der Waals surface area (Å²) >= 11 is 0. The van der Waals surface area contributed by atoms with Gasteiger partial charge in [-0.25, -0.2) is 0 Å². The fourth-order valence-corrected chi connectivity index (χ4v) is 3.11. The maximum Gasteiger partial charge on any atom is 0.251 e. The molecule has 2 heterocycles. The molecule has 0 spiro atoms. The average molecular weight is 346 g/mol. The summed E-state index contributed by atoms with van der Waals surface area (Å²) in [7, 11) is 0. The number of hydrogen-bond donors (Lipinski definition) is 1. The molecule has 25 heavy (non-hydrogen) atoms. The van der Waals surface area contributed by atoms with Crippen LogP contribution in [-0.2, 0) is 9.47 Å². The summed E-state index contributed by atoms with van der Waals surface area (Å²) in [6, 6.07) is 7.40. The van der Waals surface area contributed by atoms with Crippen LogP contribution in [0.5, 0.6) is 5.75 Å². The van der Waals surface area contributed by atoms with E-state index in [-0.39, 0.29) is 18.0 Å². The lowest BCUT2D eigenvalue weighted by Gasteiger charge is -2.34. The Morgan fingerprint density at radius 1 is 1.24 bits per heavy atom. The van der Waals surface area contributed by atoms with Crippen LogP contribution in [0.1, 0.15) is 17.3 Å². The molecule has 6 heteroatoms. The highest BCUT2D eigenvalue weighted by atomic mass is 16.5. The van der Waals surface area contributed by atoms with Gasteiger partial charge in [0.1, 0.15) is 12.4 Å². The van der Waals surface area contributed by atoms with Gasteiger partial charge in [0.25, 0.3) is 5.91 Å². The van der Waals surface area contributed by atoms with Gasteiger partial charge in [0.15, 0.2) is 0 Å². The maximum absolute atomic E-state index is 12.5. The molecule has 0 saturated carbocycles. The van der Waals surface area contributed by atoms with Crippen LogP contribution in [0.2, 0.25) is 0 Å². The summed E-state index contributed by atoms with van der Waals surface area (Å²) in [6.07, 6.45) is 0. The Labute approximate surface area is 148 Å². The minimum atomic E-state index is -0.0831. The van der Waals surface area contributed by atoms with Gasteiger partial charge >= 0.3 is 0 Å². The van der Waals surface area contributed by atoms with Crippen molar-refractivity contribution in [3.8, 4) is 5.75 Å². The SMILES string of the molecule is C=C(C)COc1ccc(C(=O)N[C@H]2COC[C@@H]2N2CCOCC2)cc1. The lowest BCUT2D eigenvalue weighted by Crippen LogP contribution is -2.54. The predicted octanol–water partition coefficient (Wildman–Crippen LogP) is 1.47. The number of nitrogens with one attached hydrogen (secondary N) is 1. The third-order valence-electron chi connectivity index (χ3n) is 4.48. The highest BCUT2D eigenvalue weighted by molar-refractivity contribution is 5.94. The largest absolute Gasteiger partial charge is 0.489 e. The number of amides is 1. The molecule has 1 N–H and O–H groups in total. The van der Waals surface area contributed by atoms with Crippen molar-refractivity contribution in [1.29, 1.82) is 0 Å². The molecule has 1 amide bonds. The molecule has 0 radical (unpaired) electrons. The number of carbonyl (C=O) groups is 1. The van der Waals surface area contributed by atoms with Gasteiger partial charge in [-0.05, 0) is 36.8 Å². The van der Waals surface area contributed by atoms with Crippen molar-refractivity contribution in [2.24, 2.45) is 0 Å². The number of benzene rings is 1. The van der Waals surface area contributed by atoms with Gasteiger partial charge in [0.05, 0.1) is 38.5 Å². The Morgan fingerprint density at radius 3 is 2.64 bits per heavy atom. The van der Waals surface area contributed by atoms with Crippen molar-refractivity contribution in [3.63, 3.8) is 0 Å². The highest BCUT2D eigenvalue weighted by Gasteiger charge is 2.34. The van der Waals surface area contributed by atoms with Gasteiger partial charge in [-0.15, -0.1) is 0 Å². The zero-order valence-electron chi connectivity index (χ0n) is 14.7. The molecule has 0 bridgehead atoms. The monoisotopic (exact) mass is 346 g/mol. The number of morpholine rings is 1. The van der Waals surface area contributed by atoms with Crippen LogP contribution in [0, 0.1) is 0 Å². The van der Waals surface area contributed by atoms with E-state index >= 15 is 0 Å². The van der Waals surface area contributed by atoms with E-state index in [4.69, 9.17) is 14.2 Å². The van der Waals surface area contributed by atoms with Gasteiger partial charge in [0.2, 0.25) is 0 Å². The molecule has 136 valence electrons. The summed E-state index contributed by atoms with van der Waals surface area (Å²) in [5, 5.41) is 3.11. The highest BCUT2D eigenvalue weighted by Crippen LogP contribution is 2.17. The number of hydrogen-bond acceptors (Lipinski definition) is 5. The Morgan fingerprint density at radius 2 is 1.96 bits per heavy atom. The first-order valence-electron chi connectivity index (χ1n) is 8.71. The molecule has 1 aromatic carbocycles. The number of nitrogens with zero attached hydrogens (tertiary/aromatic N) is 1. The standard InChI is InChI=1S/C19H26N2O4/c1-14(2)11-25-16-5-3-15(4-6-16)19(22)20-17-12-24-13-18(17)21-7-9-23-10-8-21/h3-6,17-18H,1,7-13H2,2H3,(H,20,22)/t17-,18-/m0/s1. The quantitative estimate of drug-likeness (QED) is 0.791. The van der Waals surface area contributed by atoms with E-state index in [2.05, 4.69) is 16.8 Å². The molecule has 3 rings (SSSR count). The lowest BCUT2D eigenvalue weighted by molar-refractivity contribution is 0.0108. The Bertz CT molecular complexity index is 596. The second-order valence-corrected chi connectivity index (χ2v) is 6.60. The van der Waals surface area contributed by atoms with Crippen molar-refractivity contribution < 1.29 is 19.0 Å². The zero-order valence-corrected chi connectivity index (χ0v) is 14.7. The third kappa shape index (κ3) is 4.81. The van der Waals surface area contributed by atoms with Crippen LogP contribution in [0.25, 0.3) is 0 Å². The topological polar surface area (TPSA) is 60.0 Å². The van der Waals surface area contributed by atoms with Crippen LogP contribution >= 0.6 is 0 Å². The summed E-state index contributed by atoms with van der Waals surface area (Å²) in [4.78, 5) is 14.9. The van der Waals surface area contributed by atoms with Gasteiger partial charge in [-0.3, -0.25) is 9.69 Å². The lowest BCUT2D eigenvalue weighted by atomic mass is 10.1. The van der Waals surface area contributed by atoms with Crippen LogP contribution in [-0.4, -0.2) is 69.0 Å². The van der Waals surface area contributed by atoms with Crippen molar-refractivity contribution in [2.45, 2.75) is 19.0 Å². The molecule has 2 saturated heterocycles. The molecule has 0 unspecified atom stereocenters. The summed E-state index contributed by atoms with van der Waals surface area (Å²) in [5.74, 6) is 0.648. The molecule has 0 aromatic heterocycles. The van der Waals surface area contributed by atoms with Crippen LogP contribution in [0.4, 0.5) is 0 Å². The van der Waals surface area contributed by atoms with Crippen LogP contribution in [0.3, 0.4) is 0 Å². The smallest absolute Gasteiger partial charge is 0.251 e. The molecule has 2 aliphatic rings. The van der Waals surface area contributed by atoms with E-state index in [0.717, 1.165) is 37.6 Å². The van der Waals surface area contributed by atoms with E-state index in [1.165, 1.54) is 0 Å². The van der Waals surface area contributed by atoms with Crippen LogP contribution < -0.4 is 10.1 Å². The first-order chi connectivity index (χ1) is 12.1. The van der Waals surface area contributed by atoms with E-state index in [1.54, 1.807) is 12.1 Å². The van der Waals surface area contributed by atoms with Gasteiger partial charge in [-0.1, -0.05) is 6.58 Å². The second-order valence-electron chi connectivity index (χ2n) is 6.60. The molecular weight excluding hydrogens is 320 g/mol. The van der Waals surface area contributed by atoms with Gasteiger partial charge < -0.3 is 19.5 Å². The second kappa shape index (κ2) is 8.47. The van der Waals surface area contributed by atoms with E-state index in [0.29, 0.717) is 25.4 Å². The minimum Gasteiger partial charge on any atom is -0.489 e. The normalized spacial score (nSPS) is 24.0. The Kier molecular flexibility index (Phi) is 6.07. The van der Waals surface area contributed by atoms with Crippen molar-refractivity contribution in [3.05, 3.63) is 42.0 Å². The molecule has 2 fully saturated rings. The molecule has 2 aliphatic heterocycles. The average Bonchev–Trinajstić information content (AvgIpc) is 3.09. The summed E-state index contributed by atoms with van der Waals surface area (Å²) in [6.45, 7) is 10.6. The fourth-order valence-electron chi connectivity index (χ4n) is 3.11. The molecule has 1 aromatic rings. The number of carbonyl (C=O) groups excluding carboxylic acids is 1. The third-order valence-corrected chi connectivity index (χ3v) is 4.48. The first kappa shape index (κ1) is 17.9. The summed E-state index contributed by atoms with van der Waals surface area (Å²) < 4.78 is 16.6. The zero-order chi connectivity index (χ0) is 17.6. The van der Waals surface area contributed by atoms with Crippen molar-refractivity contribution in [2.75, 3.05) is 46.1 Å². The maximum atomic E-state index is 12.5. The molecule has 6 nitrogen and oxygen atoms in total. The van der Waals surface area contributed by atoms with Gasteiger partial charge in [-0.2, -0.15) is 0 Å². The minimum absolute atomic E-state index is 0.00458. The number of ether oxygens (including phenoxy) is 3. The van der Waals surface area contributed by atoms with E-state index in [9.17, 15) is 4.79 Å².